The van der Waals surface area contributed by atoms with Crippen molar-refractivity contribution in [3.63, 3.8) is 0 Å². The van der Waals surface area contributed by atoms with Crippen molar-refractivity contribution in [2.24, 2.45) is 17.7 Å². The molecule has 10 heteroatoms. The minimum atomic E-state index is -1.47. The van der Waals surface area contributed by atoms with Gasteiger partial charge in [0.15, 0.2) is 5.54 Å². The molecular weight excluding hydrogens is 482 g/mol. The predicted octanol–water partition coefficient (Wildman–Crippen LogP) is 3.86. The average molecular weight is 512 g/mol. The van der Waals surface area contributed by atoms with E-state index in [1.165, 1.54) is 5.01 Å². The summed E-state index contributed by atoms with van der Waals surface area (Å²) in [5.41, 5.74) is -0.172. The number of amides is 1. The van der Waals surface area contributed by atoms with Gasteiger partial charge < -0.3 is 14.7 Å². The van der Waals surface area contributed by atoms with Gasteiger partial charge in [0.05, 0.1) is 5.69 Å². The van der Waals surface area contributed by atoms with E-state index in [0.29, 0.717) is 18.0 Å². The van der Waals surface area contributed by atoms with E-state index in [0.717, 1.165) is 47.5 Å². The summed E-state index contributed by atoms with van der Waals surface area (Å²) in [4.78, 5) is 52.7. The number of carbonyl (C=O) groups excluding carboxylic acids is 3. The van der Waals surface area contributed by atoms with Crippen LogP contribution in [-0.2, 0) is 14.4 Å². The van der Waals surface area contributed by atoms with Crippen LogP contribution in [0.15, 0.2) is 36.4 Å². The Hall–Kier alpha value is -3.08. The molecule has 3 fully saturated rings. The Bertz CT molecular complexity index is 1190. The lowest BCUT2D eigenvalue weighted by Gasteiger charge is -2.41. The van der Waals surface area contributed by atoms with Crippen molar-refractivity contribution in [1.29, 1.82) is 0 Å². The van der Waals surface area contributed by atoms with Crippen molar-refractivity contribution in [2.45, 2.75) is 57.0 Å². The maximum atomic E-state index is 14.1. The number of hydrogen-bond donors (Lipinski definition) is 2. The molecule has 3 N–H and O–H groups in total. The van der Waals surface area contributed by atoms with Gasteiger partial charge in [0.1, 0.15) is 0 Å². The number of carbonyl (C=O) groups is 4. The fourth-order valence-corrected chi connectivity index (χ4v) is 6.60. The van der Waals surface area contributed by atoms with Crippen molar-refractivity contribution >= 4 is 40.7 Å². The van der Waals surface area contributed by atoms with Gasteiger partial charge in [-0.3, -0.25) is 20.2 Å². The molecule has 2 saturated carbocycles. The number of carboxylic acid groups (broad SMARTS) is 1. The third kappa shape index (κ3) is 4.23. The Labute approximate surface area is 212 Å². The van der Waals surface area contributed by atoms with Gasteiger partial charge >= 0.3 is 6.16 Å². The van der Waals surface area contributed by atoms with Crippen LogP contribution in [0.3, 0.4) is 0 Å². The standard InChI is InChI=1S/C26H29N3O6S/c1-15-7-9-17(10-8-15)23(32)29(18-11-12-28(27)26(14-18)21(30)22(26)31)19-13-20(16-5-3-2-4-6-16)36-24(19)35-25(33)34/h2-6,13,15,17-18H,7-12,14,27H2,1H3,(H,33,34). The van der Waals surface area contributed by atoms with E-state index in [-0.39, 0.29) is 29.9 Å². The van der Waals surface area contributed by atoms with Gasteiger partial charge in [-0.15, -0.1) is 0 Å². The molecule has 1 amide bonds. The number of piperidine rings is 1. The number of Topliss-reactive ketones (excluding diaryl/α,β-unsaturated/α-hetero) is 2. The molecule has 1 aliphatic heterocycles. The van der Waals surface area contributed by atoms with Gasteiger partial charge in [-0.25, -0.2) is 9.80 Å². The molecule has 0 bridgehead atoms. The summed E-state index contributed by atoms with van der Waals surface area (Å²) < 4.78 is 5.18. The molecule has 1 spiro atoms. The number of hydrazine groups is 1. The summed E-state index contributed by atoms with van der Waals surface area (Å²) in [6, 6.07) is 10.7. The lowest BCUT2D eigenvalue weighted by atomic mass is 9.81. The van der Waals surface area contributed by atoms with Crippen LogP contribution in [0, 0.1) is 11.8 Å². The van der Waals surface area contributed by atoms with Crippen molar-refractivity contribution in [1.82, 2.24) is 5.01 Å². The molecule has 1 atom stereocenters. The second-order valence-electron chi connectivity index (χ2n) is 10.0. The molecule has 1 unspecified atom stereocenters. The van der Waals surface area contributed by atoms with Crippen molar-refractivity contribution in [3.05, 3.63) is 36.4 Å². The molecule has 36 heavy (non-hydrogen) atoms. The van der Waals surface area contributed by atoms with Crippen molar-refractivity contribution in [3.8, 4) is 15.5 Å². The minimum absolute atomic E-state index is 0.0824. The van der Waals surface area contributed by atoms with Gasteiger partial charge in [-0.1, -0.05) is 48.6 Å². The molecule has 3 aliphatic rings. The average Bonchev–Trinajstić information content (AvgIpc) is 3.16. The van der Waals surface area contributed by atoms with E-state index < -0.39 is 29.3 Å². The third-order valence-electron chi connectivity index (χ3n) is 7.76. The van der Waals surface area contributed by atoms with E-state index in [9.17, 15) is 24.3 Å². The van der Waals surface area contributed by atoms with Crippen molar-refractivity contribution in [2.75, 3.05) is 11.4 Å². The second kappa shape index (κ2) is 9.42. The zero-order valence-corrected chi connectivity index (χ0v) is 20.8. The summed E-state index contributed by atoms with van der Waals surface area (Å²) in [7, 11) is 0. The normalized spacial score (nSPS) is 25.6. The zero-order chi connectivity index (χ0) is 25.6. The monoisotopic (exact) mass is 511 g/mol. The summed E-state index contributed by atoms with van der Waals surface area (Å²) in [5, 5.41) is 10.8. The van der Waals surface area contributed by atoms with E-state index in [4.69, 9.17) is 10.6 Å². The van der Waals surface area contributed by atoms with Gasteiger partial charge in [-0.2, -0.15) is 0 Å². The number of hydrogen-bond acceptors (Lipinski definition) is 8. The van der Waals surface area contributed by atoms with Crippen LogP contribution >= 0.6 is 11.3 Å². The molecule has 0 radical (unpaired) electrons. The molecule has 1 aromatic carbocycles. The van der Waals surface area contributed by atoms with Gasteiger partial charge in [0.2, 0.25) is 22.5 Å². The fraction of sp³-hybridized carbons (Fsp3) is 0.462. The van der Waals surface area contributed by atoms with Crippen LogP contribution in [0.2, 0.25) is 0 Å². The van der Waals surface area contributed by atoms with E-state index >= 15 is 0 Å². The summed E-state index contributed by atoms with van der Waals surface area (Å²) in [6.45, 7) is 2.44. The quantitative estimate of drug-likeness (QED) is 0.268. The Morgan fingerprint density at radius 1 is 1.11 bits per heavy atom. The van der Waals surface area contributed by atoms with Gasteiger partial charge in [0.25, 0.3) is 0 Å². The first-order chi connectivity index (χ1) is 17.2. The maximum Gasteiger partial charge on any atom is 0.512 e. The number of rotatable bonds is 5. The SMILES string of the molecule is CC1CCC(C(=O)N(c2cc(-c3ccccc3)sc2OC(=O)O)C2CCN(N)C3(C2)C(=O)C3=O)CC1. The summed E-state index contributed by atoms with van der Waals surface area (Å²) >= 11 is 1.15. The Morgan fingerprint density at radius 3 is 2.39 bits per heavy atom. The first-order valence-electron chi connectivity index (χ1n) is 12.3. The molecule has 2 heterocycles. The fourth-order valence-electron chi connectivity index (χ4n) is 5.60. The van der Waals surface area contributed by atoms with Crippen LogP contribution in [0.25, 0.3) is 10.4 Å². The maximum absolute atomic E-state index is 14.1. The number of nitrogens with two attached hydrogens (primary N) is 1. The van der Waals surface area contributed by atoms with Crippen LogP contribution in [0.4, 0.5) is 10.5 Å². The van der Waals surface area contributed by atoms with Crippen LogP contribution in [0.5, 0.6) is 5.06 Å². The predicted molar refractivity (Wildman–Crippen MR) is 134 cm³/mol. The molecule has 1 aromatic heterocycles. The number of thiophene rings is 1. The van der Waals surface area contributed by atoms with Crippen LogP contribution in [0.1, 0.15) is 45.4 Å². The van der Waals surface area contributed by atoms with E-state index in [1.54, 1.807) is 11.0 Å². The third-order valence-corrected chi connectivity index (χ3v) is 8.82. The first-order valence-corrected chi connectivity index (χ1v) is 13.1. The zero-order valence-electron chi connectivity index (χ0n) is 20.0. The van der Waals surface area contributed by atoms with Gasteiger partial charge in [-0.05, 0) is 49.7 Å². The Kier molecular flexibility index (Phi) is 6.44. The molecule has 2 aromatic rings. The molecule has 2 aliphatic carbocycles. The smallest absolute Gasteiger partial charge is 0.449 e. The molecule has 5 rings (SSSR count). The number of benzene rings is 1. The lowest BCUT2D eigenvalue weighted by molar-refractivity contribution is -0.125. The second-order valence-corrected chi connectivity index (χ2v) is 11.1. The number of anilines is 1. The number of ether oxygens (including phenoxy) is 1. The molecule has 190 valence electrons. The van der Waals surface area contributed by atoms with E-state index in [1.807, 2.05) is 30.3 Å². The molecule has 1 saturated heterocycles. The first kappa shape index (κ1) is 24.6. The minimum Gasteiger partial charge on any atom is -0.449 e. The highest BCUT2D eigenvalue weighted by atomic mass is 32.1. The Balaban J connectivity index is 1.57. The summed E-state index contributed by atoms with van der Waals surface area (Å²) in [6.07, 6.45) is 2.39. The van der Waals surface area contributed by atoms with Crippen LogP contribution in [-0.4, -0.2) is 51.9 Å². The summed E-state index contributed by atoms with van der Waals surface area (Å²) in [5.74, 6) is 5.18. The van der Waals surface area contributed by atoms with Gasteiger partial charge in [0, 0.05) is 29.8 Å². The molecule has 9 nitrogen and oxygen atoms in total. The largest absolute Gasteiger partial charge is 0.512 e. The lowest BCUT2D eigenvalue weighted by Crippen LogP contribution is -2.58. The van der Waals surface area contributed by atoms with Crippen LogP contribution < -0.4 is 15.5 Å². The highest BCUT2D eigenvalue weighted by molar-refractivity contribution is 7.18. The number of nitrogens with zero attached hydrogens (tertiary/aromatic N) is 2. The molecular formula is C26H29N3O6S. The Morgan fingerprint density at radius 2 is 1.78 bits per heavy atom. The van der Waals surface area contributed by atoms with E-state index in [2.05, 4.69) is 6.92 Å². The topological polar surface area (TPSA) is 130 Å². The highest BCUT2D eigenvalue weighted by Crippen LogP contribution is 2.48. The van der Waals surface area contributed by atoms with Crippen molar-refractivity contribution < 1.29 is 29.0 Å². The highest BCUT2D eigenvalue weighted by Gasteiger charge is 2.70. The number of ketones is 2.